The molecule has 0 fully saturated rings. The number of aromatic amines is 1. The fourth-order valence-corrected chi connectivity index (χ4v) is 3.79. The molecule has 38 heavy (non-hydrogen) atoms. The lowest BCUT2D eigenvalue weighted by molar-refractivity contribution is -0.274. The summed E-state index contributed by atoms with van der Waals surface area (Å²) in [6.45, 7) is 1.69. The number of hydrogen-bond acceptors (Lipinski definition) is 6. The zero-order chi connectivity index (χ0) is 27.4. The molecule has 1 amide bonds. The first-order valence-corrected chi connectivity index (χ1v) is 11.6. The van der Waals surface area contributed by atoms with Gasteiger partial charge < -0.3 is 14.8 Å². The van der Waals surface area contributed by atoms with Gasteiger partial charge in [0.25, 0.3) is 5.56 Å². The number of nitrogens with one attached hydrogen (secondary N) is 2. The number of hydrogen-bond donors (Lipinski definition) is 2. The van der Waals surface area contributed by atoms with Crippen molar-refractivity contribution in [3.05, 3.63) is 80.0 Å². The minimum absolute atomic E-state index is 0.0109. The topological polar surface area (TPSA) is 120 Å². The number of benzene rings is 2. The molecule has 200 valence electrons. The summed E-state index contributed by atoms with van der Waals surface area (Å²) >= 11 is 5.98. The Morgan fingerprint density at radius 1 is 1.11 bits per heavy atom. The number of halogens is 4. The average molecular weight is 552 g/mol. The molecule has 2 heterocycles. The van der Waals surface area contributed by atoms with Gasteiger partial charge in [-0.2, -0.15) is 4.98 Å². The smallest absolute Gasteiger partial charge is 0.425 e. The minimum atomic E-state index is -4.90. The molecule has 14 heteroatoms. The highest BCUT2D eigenvalue weighted by molar-refractivity contribution is 6.30. The lowest BCUT2D eigenvalue weighted by Gasteiger charge is -2.12. The molecule has 4 aromatic rings. The number of alkyl halides is 3. The molecule has 0 aliphatic carbocycles. The quantitative estimate of drug-likeness (QED) is 0.305. The van der Waals surface area contributed by atoms with Crippen LogP contribution in [0.25, 0.3) is 11.2 Å². The van der Waals surface area contributed by atoms with Crippen LogP contribution in [-0.2, 0) is 17.9 Å². The van der Waals surface area contributed by atoms with E-state index in [4.69, 9.17) is 16.3 Å². The maximum Gasteiger partial charge on any atom is 0.573 e. The van der Waals surface area contributed by atoms with E-state index in [0.717, 1.165) is 16.7 Å². The molecule has 0 spiro atoms. The Balaban J connectivity index is 1.76. The molecule has 0 aliphatic rings. The summed E-state index contributed by atoms with van der Waals surface area (Å²) in [7, 11) is 0. The van der Waals surface area contributed by atoms with Gasteiger partial charge in [-0.3, -0.25) is 23.7 Å². The molecule has 2 aromatic heterocycles. The molecule has 2 aromatic carbocycles. The molecular formula is C24H21ClF3N5O5. The maximum absolute atomic E-state index is 13.4. The molecule has 4 rings (SSSR count). The van der Waals surface area contributed by atoms with Gasteiger partial charge in [-0.15, -0.1) is 13.2 Å². The molecule has 2 N–H and O–H groups in total. The van der Waals surface area contributed by atoms with E-state index in [1.165, 1.54) is 23.6 Å². The summed E-state index contributed by atoms with van der Waals surface area (Å²) in [5.74, 6) is -0.795. The van der Waals surface area contributed by atoms with Crippen molar-refractivity contribution in [1.29, 1.82) is 0 Å². The van der Waals surface area contributed by atoms with Crippen molar-refractivity contribution < 1.29 is 27.4 Å². The van der Waals surface area contributed by atoms with Crippen molar-refractivity contribution in [2.24, 2.45) is 0 Å². The SMILES string of the molecule is CC(=O)NCCCn1c(=O)[nH]c2nc(Oc3cccc(OC(F)(F)F)c3)n(Cc3ccc(Cl)cc3)c2c1=O. The van der Waals surface area contributed by atoms with Crippen LogP contribution in [0.3, 0.4) is 0 Å². The van der Waals surface area contributed by atoms with Crippen LogP contribution < -0.4 is 26.0 Å². The van der Waals surface area contributed by atoms with Gasteiger partial charge in [0.15, 0.2) is 11.2 Å². The number of H-pyrrole nitrogens is 1. The molecule has 0 saturated heterocycles. The van der Waals surface area contributed by atoms with Crippen molar-refractivity contribution in [1.82, 2.24) is 24.4 Å². The zero-order valence-electron chi connectivity index (χ0n) is 19.8. The van der Waals surface area contributed by atoms with Crippen LogP contribution in [0.5, 0.6) is 17.5 Å². The van der Waals surface area contributed by atoms with Crippen molar-refractivity contribution >= 4 is 28.7 Å². The van der Waals surface area contributed by atoms with Gasteiger partial charge in [0.2, 0.25) is 5.91 Å². The number of aromatic nitrogens is 4. The molecule has 0 aliphatic heterocycles. The van der Waals surface area contributed by atoms with Gasteiger partial charge in [0, 0.05) is 31.1 Å². The molecule has 0 radical (unpaired) electrons. The van der Waals surface area contributed by atoms with Gasteiger partial charge in [-0.05, 0) is 36.2 Å². The highest BCUT2D eigenvalue weighted by Crippen LogP contribution is 2.30. The first-order chi connectivity index (χ1) is 18.0. The highest BCUT2D eigenvalue weighted by atomic mass is 35.5. The Morgan fingerprint density at radius 3 is 2.50 bits per heavy atom. The summed E-state index contributed by atoms with van der Waals surface area (Å²) in [5, 5.41) is 3.09. The largest absolute Gasteiger partial charge is 0.573 e. The van der Waals surface area contributed by atoms with E-state index in [-0.39, 0.29) is 48.5 Å². The van der Waals surface area contributed by atoms with Crippen LogP contribution >= 0.6 is 11.6 Å². The van der Waals surface area contributed by atoms with Crippen LogP contribution in [0.2, 0.25) is 5.02 Å². The predicted octanol–water partition coefficient (Wildman–Crippen LogP) is 3.81. The minimum Gasteiger partial charge on any atom is -0.425 e. The van der Waals surface area contributed by atoms with E-state index < -0.39 is 23.4 Å². The molecular weight excluding hydrogens is 531 g/mol. The number of imidazole rings is 1. The Labute approximate surface area is 217 Å². The number of carbonyl (C=O) groups excluding carboxylic acids is 1. The fourth-order valence-electron chi connectivity index (χ4n) is 3.67. The van der Waals surface area contributed by atoms with Crippen LogP contribution in [-0.4, -0.2) is 37.9 Å². The molecule has 0 unspecified atom stereocenters. The predicted molar refractivity (Wildman–Crippen MR) is 132 cm³/mol. The molecule has 10 nitrogen and oxygen atoms in total. The summed E-state index contributed by atoms with van der Waals surface area (Å²) in [6.07, 6.45) is -4.58. The second-order valence-electron chi connectivity index (χ2n) is 8.15. The van der Waals surface area contributed by atoms with E-state index in [1.54, 1.807) is 24.3 Å². The zero-order valence-corrected chi connectivity index (χ0v) is 20.6. The van der Waals surface area contributed by atoms with Crippen molar-refractivity contribution in [3.63, 3.8) is 0 Å². The Kier molecular flexibility index (Phi) is 7.76. The van der Waals surface area contributed by atoms with Crippen molar-refractivity contribution in [3.8, 4) is 17.5 Å². The summed E-state index contributed by atoms with van der Waals surface area (Å²) in [5.41, 5.74) is -0.720. The molecule has 0 bridgehead atoms. The molecule has 0 saturated carbocycles. The summed E-state index contributed by atoms with van der Waals surface area (Å²) in [4.78, 5) is 43.9. The van der Waals surface area contributed by atoms with Gasteiger partial charge in [0.05, 0.1) is 6.54 Å². The monoisotopic (exact) mass is 551 g/mol. The first kappa shape index (κ1) is 26.8. The van der Waals surface area contributed by atoms with Crippen molar-refractivity contribution in [2.45, 2.75) is 32.8 Å². The Morgan fingerprint density at radius 2 is 1.82 bits per heavy atom. The van der Waals surface area contributed by atoms with Crippen molar-refractivity contribution in [2.75, 3.05) is 6.54 Å². The number of nitrogens with zero attached hydrogens (tertiary/aromatic N) is 3. The number of rotatable bonds is 9. The van der Waals surface area contributed by atoms with E-state index in [1.807, 2.05) is 0 Å². The summed E-state index contributed by atoms with van der Waals surface area (Å²) < 4.78 is 50.1. The van der Waals surface area contributed by atoms with Crippen LogP contribution in [0.15, 0.2) is 58.1 Å². The van der Waals surface area contributed by atoms with Gasteiger partial charge in [-0.25, -0.2) is 4.79 Å². The second-order valence-corrected chi connectivity index (χ2v) is 8.59. The normalized spacial score (nSPS) is 11.5. The van der Waals surface area contributed by atoms with E-state index >= 15 is 0 Å². The Bertz CT molecular complexity index is 1580. The van der Waals surface area contributed by atoms with Gasteiger partial charge in [-0.1, -0.05) is 29.8 Å². The van der Waals surface area contributed by atoms with Crippen LogP contribution in [0.4, 0.5) is 13.2 Å². The lowest BCUT2D eigenvalue weighted by Crippen LogP contribution is -2.36. The van der Waals surface area contributed by atoms with Gasteiger partial charge >= 0.3 is 18.1 Å². The summed E-state index contributed by atoms with van der Waals surface area (Å²) in [6, 6.07) is 11.4. The molecule has 0 atom stereocenters. The van der Waals surface area contributed by atoms with Crippen LogP contribution in [0.1, 0.15) is 18.9 Å². The van der Waals surface area contributed by atoms with Gasteiger partial charge in [0.1, 0.15) is 11.5 Å². The lowest BCUT2D eigenvalue weighted by atomic mass is 10.2. The third-order valence-electron chi connectivity index (χ3n) is 5.29. The van der Waals surface area contributed by atoms with Crippen LogP contribution in [0, 0.1) is 0 Å². The highest BCUT2D eigenvalue weighted by Gasteiger charge is 2.31. The number of ether oxygens (including phenoxy) is 2. The fraction of sp³-hybridized carbons (Fsp3) is 0.250. The third-order valence-corrected chi connectivity index (χ3v) is 5.54. The maximum atomic E-state index is 13.4. The number of fused-ring (bicyclic) bond motifs is 1. The Hall–Kier alpha value is -4.26. The van der Waals surface area contributed by atoms with E-state index in [9.17, 15) is 27.6 Å². The van der Waals surface area contributed by atoms with E-state index in [0.29, 0.717) is 17.0 Å². The number of amides is 1. The number of carbonyl (C=O) groups is 1. The standard InChI is InChI=1S/C24H21ClF3N5O5/c1-14(34)29-10-3-11-32-21(35)19-20(30-22(32)36)31-23(33(19)13-15-6-8-16(25)9-7-15)37-17-4-2-5-18(12-17)38-24(26,27)28/h2,4-9,12H,3,10-11,13H2,1H3,(H,29,34)(H,30,36). The first-order valence-electron chi connectivity index (χ1n) is 11.3. The average Bonchev–Trinajstić information content (AvgIpc) is 3.15. The second kappa shape index (κ2) is 11.0. The van der Waals surface area contributed by atoms with E-state index in [2.05, 4.69) is 20.0 Å². The third kappa shape index (κ3) is 6.54.